The van der Waals surface area contributed by atoms with Gasteiger partial charge in [-0.1, -0.05) is 48.9 Å². The quantitative estimate of drug-likeness (QED) is 0.527. The number of aliphatic hydroxyl groups excluding tert-OH is 1. The number of anilines is 1. The number of nitrogens with one attached hydrogen (secondary N) is 2. The first-order valence-corrected chi connectivity index (χ1v) is 12.0. The highest BCUT2D eigenvalue weighted by molar-refractivity contribution is 5.94. The molecule has 3 heterocycles. The molecule has 1 saturated heterocycles. The van der Waals surface area contributed by atoms with Crippen LogP contribution in [0.3, 0.4) is 0 Å². The zero-order chi connectivity index (χ0) is 23.5. The number of rotatable bonds is 6. The average Bonchev–Trinajstić information content (AvgIpc) is 3.31. The Kier molecular flexibility index (Phi) is 6.56. The molecule has 7 heteroatoms. The van der Waals surface area contributed by atoms with Crippen molar-refractivity contribution >= 4 is 11.6 Å². The number of fused-ring (bicyclic) bond motifs is 1. The fourth-order valence-electron chi connectivity index (χ4n) is 5.20. The second-order valence-electron chi connectivity index (χ2n) is 9.27. The highest BCUT2D eigenvalue weighted by Gasteiger charge is 2.30. The summed E-state index contributed by atoms with van der Waals surface area (Å²) >= 11 is 0. The van der Waals surface area contributed by atoms with E-state index in [2.05, 4.69) is 15.6 Å². The molecule has 4 atom stereocenters. The number of carbonyl (C=O) groups excluding carboxylic acids is 1. The van der Waals surface area contributed by atoms with E-state index in [0.717, 1.165) is 31.2 Å². The lowest BCUT2D eigenvalue weighted by Crippen LogP contribution is -2.46. The topological polar surface area (TPSA) is 96.2 Å². The Morgan fingerprint density at radius 1 is 1.09 bits per heavy atom. The van der Waals surface area contributed by atoms with Crippen LogP contribution < -0.4 is 16.2 Å². The van der Waals surface area contributed by atoms with Gasteiger partial charge >= 0.3 is 0 Å². The maximum atomic E-state index is 12.8. The van der Waals surface area contributed by atoms with Crippen LogP contribution in [0.5, 0.6) is 0 Å². The molecule has 0 unspecified atom stereocenters. The molecule has 3 N–H and O–H groups in total. The first-order chi connectivity index (χ1) is 16.6. The molecule has 2 aromatic carbocycles. The van der Waals surface area contributed by atoms with Crippen LogP contribution in [-0.2, 0) is 17.6 Å². The molecule has 1 amide bonds. The van der Waals surface area contributed by atoms with E-state index in [9.17, 15) is 14.7 Å². The van der Waals surface area contributed by atoms with Gasteiger partial charge in [0.25, 0.3) is 5.56 Å². The molecule has 0 aliphatic carbocycles. The van der Waals surface area contributed by atoms with Crippen molar-refractivity contribution in [3.05, 3.63) is 94.2 Å². The molecule has 0 saturated carbocycles. The van der Waals surface area contributed by atoms with Crippen LogP contribution in [0.1, 0.15) is 54.8 Å². The molecule has 2 aliphatic heterocycles. The van der Waals surface area contributed by atoms with Gasteiger partial charge in [-0.3, -0.25) is 14.2 Å². The van der Waals surface area contributed by atoms with E-state index >= 15 is 0 Å². The number of piperidine rings is 1. The van der Waals surface area contributed by atoms with Crippen LogP contribution in [0.4, 0.5) is 5.69 Å². The van der Waals surface area contributed by atoms with E-state index in [4.69, 9.17) is 0 Å². The Labute approximate surface area is 198 Å². The Morgan fingerprint density at radius 3 is 2.68 bits per heavy atom. The normalized spacial score (nSPS) is 22.7. The SMILES string of the molecule is O=C(Nc1ccc(C[C@@H]2CCC[C@H]([C@H](O)c3ccccc3)N2)cc1)[C@@H]1CCc2nccc(=O)n21. The van der Waals surface area contributed by atoms with E-state index in [-0.39, 0.29) is 17.5 Å². The third-order valence-corrected chi connectivity index (χ3v) is 6.96. The second-order valence-corrected chi connectivity index (χ2v) is 9.27. The van der Waals surface area contributed by atoms with Crippen molar-refractivity contribution in [2.45, 2.75) is 62.8 Å². The minimum Gasteiger partial charge on any atom is -0.387 e. The van der Waals surface area contributed by atoms with Gasteiger partial charge in [-0.15, -0.1) is 0 Å². The van der Waals surface area contributed by atoms with Crippen LogP contribution >= 0.6 is 0 Å². The maximum absolute atomic E-state index is 12.8. The van der Waals surface area contributed by atoms with Gasteiger partial charge in [-0.05, 0) is 48.9 Å². The third kappa shape index (κ3) is 4.81. The van der Waals surface area contributed by atoms with Gasteiger partial charge < -0.3 is 15.7 Å². The second kappa shape index (κ2) is 9.91. The lowest BCUT2D eigenvalue weighted by molar-refractivity contribution is -0.119. The number of hydrogen-bond donors (Lipinski definition) is 3. The summed E-state index contributed by atoms with van der Waals surface area (Å²) in [6.07, 6.45) is 6.17. The van der Waals surface area contributed by atoms with Gasteiger partial charge in [-0.25, -0.2) is 4.98 Å². The van der Waals surface area contributed by atoms with Crippen LogP contribution in [0, 0.1) is 0 Å². The minimum absolute atomic E-state index is 0.0481. The Morgan fingerprint density at radius 2 is 1.88 bits per heavy atom. The zero-order valence-electron chi connectivity index (χ0n) is 19.1. The van der Waals surface area contributed by atoms with Crippen molar-refractivity contribution in [1.82, 2.24) is 14.9 Å². The Hall–Kier alpha value is -3.29. The smallest absolute Gasteiger partial charge is 0.254 e. The number of benzene rings is 2. The van der Waals surface area contributed by atoms with E-state index in [1.165, 1.54) is 22.4 Å². The highest BCUT2D eigenvalue weighted by Crippen LogP contribution is 2.27. The molecular weight excluding hydrogens is 428 g/mol. The average molecular weight is 459 g/mol. The summed E-state index contributed by atoms with van der Waals surface area (Å²) in [5.41, 5.74) is 2.66. The summed E-state index contributed by atoms with van der Waals surface area (Å²) in [6, 6.07) is 18.9. The largest absolute Gasteiger partial charge is 0.387 e. The zero-order valence-corrected chi connectivity index (χ0v) is 19.1. The number of amides is 1. The molecule has 0 bridgehead atoms. The van der Waals surface area contributed by atoms with Crippen LogP contribution in [0.2, 0.25) is 0 Å². The highest BCUT2D eigenvalue weighted by atomic mass is 16.3. The number of nitrogens with zero attached hydrogens (tertiary/aromatic N) is 2. The van der Waals surface area contributed by atoms with Crippen molar-refractivity contribution in [2.24, 2.45) is 0 Å². The number of carbonyl (C=O) groups is 1. The monoisotopic (exact) mass is 458 g/mol. The molecule has 1 aromatic heterocycles. The molecule has 7 nitrogen and oxygen atoms in total. The summed E-state index contributed by atoms with van der Waals surface area (Å²) in [5, 5.41) is 17.4. The van der Waals surface area contributed by atoms with Crippen molar-refractivity contribution in [3.63, 3.8) is 0 Å². The predicted octanol–water partition coefficient (Wildman–Crippen LogP) is 3.16. The van der Waals surface area contributed by atoms with Gasteiger partial charge in [0.15, 0.2) is 0 Å². The van der Waals surface area contributed by atoms with Crippen molar-refractivity contribution in [1.29, 1.82) is 0 Å². The number of aliphatic hydroxyl groups is 1. The van der Waals surface area contributed by atoms with Gasteiger partial charge in [0.2, 0.25) is 5.91 Å². The standard InChI is InChI=1S/C27H30N4O3/c32-25-15-16-28-24-14-13-23(31(24)25)27(34)30-20-11-9-18(10-12-20)17-21-7-4-8-22(29-21)26(33)19-5-2-1-3-6-19/h1-3,5-6,9-12,15-16,21-23,26,29,33H,4,7-8,13-14,17H2,(H,30,34)/t21-,22+,23-,26+/m0/s1. The van der Waals surface area contributed by atoms with Gasteiger partial charge in [0, 0.05) is 36.5 Å². The molecule has 0 spiro atoms. The molecule has 34 heavy (non-hydrogen) atoms. The summed E-state index contributed by atoms with van der Waals surface area (Å²) in [4.78, 5) is 29.2. The summed E-state index contributed by atoms with van der Waals surface area (Å²) in [6.45, 7) is 0. The number of aryl methyl sites for hydroxylation is 1. The predicted molar refractivity (Wildman–Crippen MR) is 131 cm³/mol. The number of hydrogen-bond acceptors (Lipinski definition) is 5. The number of aromatic nitrogens is 2. The van der Waals surface area contributed by atoms with E-state index < -0.39 is 12.1 Å². The summed E-state index contributed by atoms with van der Waals surface area (Å²) in [7, 11) is 0. The van der Waals surface area contributed by atoms with Gasteiger partial charge in [0.05, 0.1) is 6.10 Å². The van der Waals surface area contributed by atoms with Crippen molar-refractivity contribution in [2.75, 3.05) is 5.32 Å². The molecule has 5 rings (SSSR count). The van der Waals surface area contributed by atoms with Crippen LogP contribution in [-0.4, -0.2) is 32.6 Å². The Balaban J connectivity index is 1.18. The van der Waals surface area contributed by atoms with E-state index in [0.29, 0.717) is 30.4 Å². The molecule has 3 aromatic rings. The Bertz CT molecular complexity index is 1190. The van der Waals surface area contributed by atoms with Crippen molar-refractivity contribution in [3.8, 4) is 0 Å². The van der Waals surface area contributed by atoms with Gasteiger partial charge in [-0.2, -0.15) is 0 Å². The first kappa shape index (κ1) is 22.5. The van der Waals surface area contributed by atoms with E-state index in [1.807, 2.05) is 54.6 Å². The first-order valence-electron chi connectivity index (χ1n) is 12.0. The maximum Gasteiger partial charge on any atom is 0.254 e. The van der Waals surface area contributed by atoms with Gasteiger partial charge in [0.1, 0.15) is 11.9 Å². The molecule has 176 valence electrons. The lowest BCUT2D eigenvalue weighted by Gasteiger charge is -2.34. The summed E-state index contributed by atoms with van der Waals surface area (Å²) < 4.78 is 1.50. The molecule has 2 aliphatic rings. The fourth-order valence-corrected chi connectivity index (χ4v) is 5.20. The van der Waals surface area contributed by atoms with Crippen LogP contribution in [0.25, 0.3) is 0 Å². The lowest BCUT2D eigenvalue weighted by atomic mass is 9.89. The fraction of sp³-hybridized carbons (Fsp3) is 0.370. The third-order valence-electron chi connectivity index (χ3n) is 6.96. The molecular formula is C27H30N4O3. The van der Waals surface area contributed by atoms with E-state index in [1.54, 1.807) is 0 Å². The summed E-state index contributed by atoms with van der Waals surface area (Å²) in [5.74, 6) is 0.479. The minimum atomic E-state index is -0.518. The molecule has 0 radical (unpaired) electrons. The van der Waals surface area contributed by atoms with Crippen LogP contribution in [0.15, 0.2) is 71.7 Å². The van der Waals surface area contributed by atoms with Crippen molar-refractivity contribution < 1.29 is 9.90 Å². The molecule has 1 fully saturated rings.